The first kappa shape index (κ1) is 19.5. The van der Waals surface area contributed by atoms with Gasteiger partial charge in [-0.1, -0.05) is 31.0 Å². The summed E-state index contributed by atoms with van der Waals surface area (Å²) < 4.78 is 5.45. The predicted octanol–water partition coefficient (Wildman–Crippen LogP) is 4.42. The van der Waals surface area contributed by atoms with Crippen LogP contribution in [0.3, 0.4) is 0 Å². The van der Waals surface area contributed by atoms with Crippen LogP contribution in [0.4, 0.5) is 11.4 Å². The Morgan fingerprint density at radius 2 is 1.76 bits per heavy atom. The summed E-state index contributed by atoms with van der Waals surface area (Å²) in [5, 5.41) is 3.01. The molecule has 4 rings (SSSR count). The average Bonchev–Trinajstić information content (AvgIpc) is 3.19. The molecule has 1 heterocycles. The highest BCUT2D eigenvalue weighted by Gasteiger charge is 2.39. The van der Waals surface area contributed by atoms with Gasteiger partial charge in [0.15, 0.2) is 0 Å². The van der Waals surface area contributed by atoms with Crippen LogP contribution in [0.15, 0.2) is 48.5 Å². The Morgan fingerprint density at radius 1 is 1.03 bits per heavy atom. The summed E-state index contributed by atoms with van der Waals surface area (Å²) >= 11 is 0. The number of anilines is 2. The van der Waals surface area contributed by atoms with E-state index < -0.39 is 0 Å². The van der Waals surface area contributed by atoms with Crippen LogP contribution in [0, 0.1) is 11.8 Å². The van der Waals surface area contributed by atoms with Gasteiger partial charge in [0.1, 0.15) is 5.75 Å². The number of hydrogen-bond acceptors (Lipinski definition) is 3. The van der Waals surface area contributed by atoms with E-state index in [1.165, 1.54) is 5.56 Å². The third-order valence-electron chi connectivity index (χ3n) is 6.01. The van der Waals surface area contributed by atoms with Gasteiger partial charge >= 0.3 is 0 Å². The number of hydrogen-bond donors (Lipinski definition) is 1. The van der Waals surface area contributed by atoms with E-state index in [2.05, 4.69) is 11.4 Å². The van der Waals surface area contributed by atoms with Gasteiger partial charge in [-0.15, -0.1) is 0 Å². The fraction of sp³-hybridized carbons (Fsp3) is 0.417. The van der Waals surface area contributed by atoms with Crippen LogP contribution in [0.1, 0.15) is 38.2 Å². The number of benzene rings is 2. The fourth-order valence-electron chi connectivity index (χ4n) is 4.54. The second-order valence-electron chi connectivity index (χ2n) is 7.81. The molecule has 0 saturated heterocycles. The summed E-state index contributed by atoms with van der Waals surface area (Å²) in [7, 11) is 0. The first-order valence-corrected chi connectivity index (χ1v) is 10.6. The SMILES string of the molecule is CCOc1ccc(NC(=O)C2CCCCC2C(=O)N2CCc3ccccc32)cc1. The Bertz CT molecular complexity index is 878. The van der Waals surface area contributed by atoms with Crippen LogP contribution in [-0.4, -0.2) is 25.0 Å². The molecule has 0 radical (unpaired) electrons. The summed E-state index contributed by atoms with van der Waals surface area (Å²) in [6.07, 6.45) is 4.41. The highest BCUT2D eigenvalue weighted by molar-refractivity contribution is 6.02. The number of carbonyl (C=O) groups excluding carboxylic acids is 2. The molecule has 1 N–H and O–H groups in total. The minimum Gasteiger partial charge on any atom is -0.494 e. The molecule has 0 aromatic heterocycles. The van der Waals surface area contributed by atoms with Crippen LogP contribution >= 0.6 is 0 Å². The molecule has 1 saturated carbocycles. The summed E-state index contributed by atoms with van der Waals surface area (Å²) in [6, 6.07) is 15.5. The Hall–Kier alpha value is -2.82. The lowest BCUT2D eigenvalue weighted by Gasteiger charge is -2.32. The summed E-state index contributed by atoms with van der Waals surface area (Å²) in [5.74, 6) is 0.290. The average molecular weight is 392 g/mol. The predicted molar refractivity (Wildman–Crippen MR) is 114 cm³/mol. The summed E-state index contributed by atoms with van der Waals surface area (Å²) in [6.45, 7) is 3.26. The van der Waals surface area contributed by atoms with Gasteiger partial charge in [0, 0.05) is 23.8 Å². The van der Waals surface area contributed by atoms with Crippen LogP contribution < -0.4 is 15.0 Å². The van der Waals surface area contributed by atoms with Crippen molar-refractivity contribution in [1.29, 1.82) is 0 Å². The van der Waals surface area contributed by atoms with Crippen molar-refractivity contribution in [1.82, 2.24) is 0 Å². The lowest BCUT2D eigenvalue weighted by atomic mass is 9.77. The number of nitrogens with zero attached hydrogens (tertiary/aromatic N) is 1. The number of ether oxygens (including phenoxy) is 1. The van der Waals surface area contributed by atoms with Crippen molar-refractivity contribution in [3.63, 3.8) is 0 Å². The zero-order chi connectivity index (χ0) is 20.2. The zero-order valence-corrected chi connectivity index (χ0v) is 16.9. The van der Waals surface area contributed by atoms with Crippen molar-refractivity contribution in [2.75, 3.05) is 23.4 Å². The van der Waals surface area contributed by atoms with E-state index in [0.29, 0.717) is 13.2 Å². The van der Waals surface area contributed by atoms with E-state index in [1.807, 2.05) is 54.3 Å². The molecule has 2 unspecified atom stereocenters. The molecule has 5 nitrogen and oxygen atoms in total. The van der Waals surface area contributed by atoms with Crippen LogP contribution in [0.25, 0.3) is 0 Å². The first-order valence-electron chi connectivity index (χ1n) is 10.6. The lowest BCUT2D eigenvalue weighted by Crippen LogP contribution is -2.43. The van der Waals surface area contributed by atoms with Crippen molar-refractivity contribution in [3.8, 4) is 5.75 Å². The standard InChI is InChI=1S/C24H28N2O3/c1-2-29-19-13-11-18(12-14-19)25-23(27)20-8-4-5-9-21(20)24(28)26-16-15-17-7-3-6-10-22(17)26/h3,6-7,10-14,20-21H,2,4-5,8-9,15-16H2,1H3,(H,25,27). The number of nitrogens with one attached hydrogen (secondary N) is 1. The number of carbonyl (C=O) groups is 2. The molecule has 29 heavy (non-hydrogen) atoms. The Labute approximate surface area is 172 Å². The van der Waals surface area contributed by atoms with E-state index in [0.717, 1.165) is 49.2 Å². The molecule has 2 aromatic rings. The smallest absolute Gasteiger partial charge is 0.230 e. The molecule has 2 aliphatic rings. The minimum atomic E-state index is -0.282. The molecule has 0 bridgehead atoms. The Morgan fingerprint density at radius 3 is 2.52 bits per heavy atom. The van der Waals surface area contributed by atoms with Gasteiger partial charge in [-0.2, -0.15) is 0 Å². The molecule has 1 fully saturated rings. The van der Waals surface area contributed by atoms with E-state index in [-0.39, 0.29) is 23.7 Å². The second-order valence-corrected chi connectivity index (χ2v) is 7.81. The Kier molecular flexibility index (Phi) is 5.84. The molecular weight excluding hydrogens is 364 g/mol. The summed E-state index contributed by atoms with van der Waals surface area (Å²) in [4.78, 5) is 28.3. The highest BCUT2D eigenvalue weighted by atomic mass is 16.5. The molecule has 2 aromatic carbocycles. The molecule has 152 valence electrons. The van der Waals surface area contributed by atoms with Crippen LogP contribution in [-0.2, 0) is 16.0 Å². The van der Waals surface area contributed by atoms with Gasteiger partial charge in [0.2, 0.25) is 11.8 Å². The van der Waals surface area contributed by atoms with Gasteiger partial charge < -0.3 is 15.0 Å². The Balaban J connectivity index is 1.47. The number of amides is 2. The van der Waals surface area contributed by atoms with Crippen molar-refractivity contribution in [2.24, 2.45) is 11.8 Å². The first-order chi connectivity index (χ1) is 14.2. The molecule has 1 aliphatic carbocycles. The zero-order valence-electron chi connectivity index (χ0n) is 16.9. The van der Waals surface area contributed by atoms with Gasteiger partial charge in [-0.05, 0) is 62.1 Å². The molecule has 0 spiro atoms. The fourth-order valence-corrected chi connectivity index (χ4v) is 4.54. The van der Waals surface area contributed by atoms with Crippen molar-refractivity contribution in [3.05, 3.63) is 54.1 Å². The second kappa shape index (κ2) is 8.68. The van der Waals surface area contributed by atoms with Gasteiger partial charge in [0.05, 0.1) is 12.5 Å². The third-order valence-corrected chi connectivity index (χ3v) is 6.01. The van der Waals surface area contributed by atoms with Crippen molar-refractivity contribution >= 4 is 23.2 Å². The largest absolute Gasteiger partial charge is 0.494 e. The van der Waals surface area contributed by atoms with E-state index >= 15 is 0 Å². The number of fused-ring (bicyclic) bond motifs is 1. The van der Waals surface area contributed by atoms with Gasteiger partial charge in [0.25, 0.3) is 0 Å². The van der Waals surface area contributed by atoms with Gasteiger partial charge in [-0.3, -0.25) is 9.59 Å². The third kappa shape index (κ3) is 4.14. The molecular formula is C24H28N2O3. The van der Waals surface area contributed by atoms with Gasteiger partial charge in [-0.25, -0.2) is 0 Å². The topological polar surface area (TPSA) is 58.6 Å². The molecule has 2 atom stereocenters. The summed E-state index contributed by atoms with van der Waals surface area (Å²) in [5.41, 5.74) is 2.96. The van der Waals surface area contributed by atoms with Crippen LogP contribution in [0.5, 0.6) is 5.75 Å². The lowest BCUT2D eigenvalue weighted by molar-refractivity contribution is -0.132. The highest BCUT2D eigenvalue weighted by Crippen LogP contribution is 2.36. The molecule has 5 heteroatoms. The maximum absolute atomic E-state index is 13.4. The molecule has 1 aliphatic heterocycles. The van der Waals surface area contributed by atoms with Crippen molar-refractivity contribution in [2.45, 2.75) is 39.0 Å². The van der Waals surface area contributed by atoms with Crippen molar-refractivity contribution < 1.29 is 14.3 Å². The maximum Gasteiger partial charge on any atom is 0.230 e. The normalized spacial score (nSPS) is 20.8. The quantitative estimate of drug-likeness (QED) is 0.819. The molecule has 2 amide bonds. The minimum absolute atomic E-state index is 0.0558. The monoisotopic (exact) mass is 392 g/mol. The van der Waals surface area contributed by atoms with E-state index in [9.17, 15) is 9.59 Å². The maximum atomic E-state index is 13.4. The van der Waals surface area contributed by atoms with E-state index in [4.69, 9.17) is 4.74 Å². The van der Waals surface area contributed by atoms with E-state index in [1.54, 1.807) is 0 Å². The number of rotatable bonds is 5. The number of para-hydroxylation sites is 1. The van der Waals surface area contributed by atoms with Crippen LogP contribution in [0.2, 0.25) is 0 Å².